The topological polar surface area (TPSA) is 48.1 Å². The van der Waals surface area contributed by atoms with E-state index in [1.54, 1.807) is 0 Å². The third-order valence-corrected chi connectivity index (χ3v) is 5.84. The molecule has 4 rings (SSSR count). The summed E-state index contributed by atoms with van der Waals surface area (Å²) in [6.45, 7) is 5.76. The van der Waals surface area contributed by atoms with Crippen LogP contribution in [0.2, 0.25) is 0 Å². The summed E-state index contributed by atoms with van der Waals surface area (Å²) in [5.74, 6) is 0.781. The first-order valence-electron chi connectivity index (χ1n) is 9.35. The van der Waals surface area contributed by atoms with Gasteiger partial charge in [0.15, 0.2) is 0 Å². The molecule has 2 heterocycles. The minimum absolute atomic E-state index is 0.156. The number of carbonyl (C=O) groups excluding carboxylic acids is 1. The fourth-order valence-electron chi connectivity index (χ4n) is 3.95. The molecular weight excluding hydrogens is 378 g/mol. The zero-order valence-corrected chi connectivity index (χ0v) is 16.5. The van der Waals surface area contributed by atoms with Crippen LogP contribution in [-0.2, 0) is 11.2 Å². The van der Waals surface area contributed by atoms with E-state index in [1.165, 1.54) is 35.0 Å². The number of amides is 1. The first kappa shape index (κ1) is 17.1. The van der Waals surface area contributed by atoms with Crippen LogP contribution in [0.1, 0.15) is 50.4 Å². The molecule has 2 aliphatic rings. The minimum atomic E-state index is 0.156. The van der Waals surface area contributed by atoms with Crippen LogP contribution in [-0.4, -0.2) is 34.9 Å². The molecule has 4 nitrogen and oxygen atoms in total. The Labute approximate surface area is 157 Å². The molecule has 1 aliphatic carbocycles. The van der Waals surface area contributed by atoms with Gasteiger partial charge in [-0.15, -0.1) is 0 Å². The molecule has 1 fully saturated rings. The number of fused-ring (bicyclic) bond motifs is 3. The number of aromatic nitrogens is 1. The molecule has 1 aromatic heterocycles. The van der Waals surface area contributed by atoms with Gasteiger partial charge in [0.2, 0.25) is 5.91 Å². The number of hydrogen-bond donors (Lipinski definition) is 2. The van der Waals surface area contributed by atoms with Gasteiger partial charge in [-0.1, -0.05) is 29.8 Å². The van der Waals surface area contributed by atoms with Gasteiger partial charge in [0.1, 0.15) is 0 Å². The van der Waals surface area contributed by atoms with Crippen LogP contribution in [0.3, 0.4) is 0 Å². The quantitative estimate of drug-likeness (QED) is 0.787. The molecule has 134 valence electrons. The second kappa shape index (κ2) is 6.76. The number of nitrogens with zero attached hydrogens (tertiary/aromatic N) is 1. The summed E-state index contributed by atoms with van der Waals surface area (Å²) in [4.78, 5) is 18.6. The maximum atomic E-state index is 12.8. The first-order chi connectivity index (χ1) is 12.0. The largest absolute Gasteiger partial charge is 0.356 e. The Morgan fingerprint density at radius 2 is 2.20 bits per heavy atom. The van der Waals surface area contributed by atoms with Gasteiger partial charge in [-0.05, 0) is 55.4 Å². The number of hydrogen-bond acceptors (Lipinski definition) is 2. The van der Waals surface area contributed by atoms with Crippen molar-refractivity contribution >= 4 is 32.7 Å². The summed E-state index contributed by atoms with van der Waals surface area (Å²) in [5, 5.41) is 4.67. The molecule has 0 saturated heterocycles. The molecule has 1 atom stereocenters. The van der Waals surface area contributed by atoms with Gasteiger partial charge in [-0.25, -0.2) is 0 Å². The van der Waals surface area contributed by atoms with Gasteiger partial charge in [-0.2, -0.15) is 0 Å². The Kier molecular flexibility index (Phi) is 4.63. The predicted octanol–water partition coefficient (Wildman–Crippen LogP) is 4.15. The SMILES string of the molecule is CC(C)CC1c2[nH]c3ccc(Br)cc3c2CCN1C(=O)CNC1CC1. The smallest absolute Gasteiger partial charge is 0.237 e. The molecule has 2 N–H and O–H groups in total. The standard InChI is InChI=1S/C20H26BrN3O/c1-12(2)9-18-20-15(16-10-13(21)3-6-17(16)23-20)7-8-24(18)19(25)11-22-14-4-5-14/h3,6,10,12,14,18,22-23H,4-5,7-9,11H2,1-2H3. The number of carbonyl (C=O) groups is 1. The van der Waals surface area contributed by atoms with Crippen molar-refractivity contribution in [2.24, 2.45) is 5.92 Å². The lowest BCUT2D eigenvalue weighted by atomic mass is 9.91. The summed E-state index contributed by atoms with van der Waals surface area (Å²) in [6.07, 6.45) is 4.35. The highest BCUT2D eigenvalue weighted by Gasteiger charge is 2.34. The van der Waals surface area contributed by atoms with Gasteiger partial charge in [0.25, 0.3) is 0 Å². The van der Waals surface area contributed by atoms with Gasteiger partial charge in [0.05, 0.1) is 12.6 Å². The molecule has 1 aliphatic heterocycles. The fraction of sp³-hybridized carbons (Fsp3) is 0.550. The van der Waals surface area contributed by atoms with Crippen molar-refractivity contribution in [3.63, 3.8) is 0 Å². The lowest BCUT2D eigenvalue weighted by molar-refractivity contribution is -0.133. The average Bonchev–Trinajstić information content (AvgIpc) is 3.33. The van der Waals surface area contributed by atoms with E-state index in [4.69, 9.17) is 0 Å². The molecular formula is C20H26BrN3O. The first-order valence-corrected chi connectivity index (χ1v) is 10.1. The Balaban J connectivity index is 1.66. The van der Waals surface area contributed by atoms with Crippen LogP contribution < -0.4 is 5.32 Å². The third kappa shape index (κ3) is 3.49. The van der Waals surface area contributed by atoms with Crippen molar-refractivity contribution < 1.29 is 4.79 Å². The maximum absolute atomic E-state index is 12.8. The van der Waals surface area contributed by atoms with Crippen LogP contribution in [0.5, 0.6) is 0 Å². The van der Waals surface area contributed by atoms with Gasteiger partial charge in [0, 0.05) is 33.7 Å². The van der Waals surface area contributed by atoms with Gasteiger partial charge >= 0.3 is 0 Å². The van der Waals surface area contributed by atoms with E-state index < -0.39 is 0 Å². The maximum Gasteiger partial charge on any atom is 0.237 e. The second-order valence-corrected chi connectivity index (χ2v) is 8.76. The molecule has 2 aromatic rings. The normalized spacial score (nSPS) is 20.3. The van der Waals surface area contributed by atoms with E-state index in [9.17, 15) is 4.79 Å². The van der Waals surface area contributed by atoms with Crippen molar-refractivity contribution in [3.05, 3.63) is 33.9 Å². The Morgan fingerprint density at radius 1 is 1.40 bits per heavy atom. The van der Waals surface area contributed by atoms with E-state index in [0.717, 1.165) is 23.9 Å². The van der Waals surface area contributed by atoms with E-state index in [-0.39, 0.29) is 11.9 Å². The van der Waals surface area contributed by atoms with E-state index >= 15 is 0 Å². The molecule has 1 unspecified atom stereocenters. The van der Waals surface area contributed by atoms with Crippen LogP contribution in [0.15, 0.2) is 22.7 Å². The van der Waals surface area contributed by atoms with E-state index in [1.807, 2.05) is 0 Å². The van der Waals surface area contributed by atoms with Crippen LogP contribution in [0.25, 0.3) is 10.9 Å². The van der Waals surface area contributed by atoms with Crippen molar-refractivity contribution in [2.45, 2.75) is 51.6 Å². The predicted molar refractivity (Wildman–Crippen MR) is 105 cm³/mol. The molecule has 0 spiro atoms. The Morgan fingerprint density at radius 3 is 2.92 bits per heavy atom. The molecule has 0 radical (unpaired) electrons. The summed E-state index contributed by atoms with van der Waals surface area (Å²) in [6, 6.07) is 7.13. The lowest BCUT2D eigenvalue weighted by Gasteiger charge is -2.37. The van der Waals surface area contributed by atoms with Gasteiger partial charge in [-0.3, -0.25) is 4.79 Å². The highest BCUT2D eigenvalue weighted by atomic mass is 79.9. The van der Waals surface area contributed by atoms with E-state index in [0.29, 0.717) is 18.5 Å². The van der Waals surface area contributed by atoms with Crippen molar-refractivity contribution in [1.29, 1.82) is 0 Å². The van der Waals surface area contributed by atoms with Crippen LogP contribution in [0, 0.1) is 5.92 Å². The summed E-state index contributed by atoms with van der Waals surface area (Å²) >= 11 is 3.59. The minimum Gasteiger partial charge on any atom is -0.356 e. The molecule has 25 heavy (non-hydrogen) atoms. The van der Waals surface area contributed by atoms with Crippen LogP contribution >= 0.6 is 15.9 Å². The molecule has 0 bridgehead atoms. The van der Waals surface area contributed by atoms with Crippen molar-refractivity contribution in [3.8, 4) is 0 Å². The summed E-state index contributed by atoms with van der Waals surface area (Å²) < 4.78 is 1.11. The van der Waals surface area contributed by atoms with Crippen LogP contribution in [0.4, 0.5) is 0 Å². The highest BCUT2D eigenvalue weighted by Crippen LogP contribution is 2.38. The third-order valence-electron chi connectivity index (χ3n) is 5.35. The number of aromatic amines is 1. The zero-order valence-electron chi connectivity index (χ0n) is 14.9. The number of benzene rings is 1. The molecule has 1 saturated carbocycles. The highest BCUT2D eigenvalue weighted by molar-refractivity contribution is 9.10. The Bertz CT molecular complexity index is 794. The van der Waals surface area contributed by atoms with E-state index in [2.05, 4.69) is 63.2 Å². The summed E-state index contributed by atoms with van der Waals surface area (Å²) in [5.41, 5.74) is 3.81. The fourth-order valence-corrected chi connectivity index (χ4v) is 4.31. The lowest BCUT2D eigenvalue weighted by Crippen LogP contribution is -2.45. The second-order valence-electron chi connectivity index (χ2n) is 7.84. The molecule has 1 amide bonds. The zero-order chi connectivity index (χ0) is 17.6. The van der Waals surface area contributed by atoms with Crippen molar-refractivity contribution in [2.75, 3.05) is 13.1 Å². The molecule has 5 heteroatoms. The monoisotopic (exact) mass is 403 g/mol. The number of halogens is 1. The number of rotatable bonds is 5. The average molecular weight is 404 g/mol. The van der Waals surface area contributed by atoms with Crippen molar-refractivity contribution in [1.82, 2.24) is 15.2 Å². The van der Waals surface area contributed by atoms with Gasteiger partial charge < -0.3 is 15.2 Å². The Hall–Kier alpha value is -1.33. The molecule has 1 aromatic carbocycles. The summed E-state index contributed by atoms with van der Waals surface area (Å²) in [7, 11) is 0. The number of nitrogens with one attached hydrogen (secondary N) is 2. The number of H-pyrrole nitrogens is 1.